The van der Waals surface area contributed by atoms with E-state index in [9.17, 15) is 0 Å². The van der Waals surface area contributed by atoms with Crippen molar-refractivity contribution in [1.29, 1.82) is 0 Å². The first-order chi connectivity index (χ1) is 7.65. The van der Waals surface area contributed by atoms with E-state index in [0.717, 1.165) is 35.9 Å². The van der Waals surface area contributed by atoms with Crippen LogP contribution < -0.4 is 10.6 Å². The molecule has 0 aliphatic carbocycles. The van der Waals surface area contributed by atoms with Crippen molar-refractivity contribution in [3.8, 4) is 0 Å². The minimum Gasteiger partial charge on any atom is -0.371 e. The molecule has 0 fully saturated rings. The Bertz CT molecular complexity index is 274. The molecule has 2 N–H and O–H groups in total. The molecule has 0 aromatic carbocycles. The highest BCUT2D eigenvalue weighted by atomic mass is 35.5. The van der Waals surface area contributed by atoms with Crippen LogP contribution in [0.3, 0.4) is 0 Å². The van der Waals surface area contributed by atoms with E-state index in [1.165, 1.54) is 0 Å². The van der Waals surface area contributed by atoms with Gasteiger partial charge in [0.25, 0.3) is 0 Å². The number of nitrogens with one attached hydrogen (secondary N) is 2. The second-order valence-corrected chi connectivity index (χ2v) is 4.10. The summed E-state index contributed by atoms with van der Waals surface area (Å²) < 4.78 is 0. The molecule has 0 rings (SSSR count). The molecule has 0 atom stereocenters. The van der Waals surface area contributed by atoms with Crippen molar-refractivity contribution < 1.29 is 0 Å². The first-order valence-electron chi connectivity index (χ1n) is 5.84. The lowest BCUT2D eigenvalue weighted by atomic mass is 10.3. The minimum absolute atomic E-state index is 0.758. The second-order valence-electron chi connectivity index (χ2n) is 3.53. The molecule has 3 heteroatoms. The van der Waals surface area contributed by atoms with Crippen molar-refractivity contribution >= 4 is 11.6 Å². The monoisotopic (exact) mass is 242 g/mol. The van der Waals surface area contributed by atoms with Crippen LogP contribution in [0.25, 0.3) is 0 Å². The summed E-state index contributed by atoms with van der Waals surface area (Å²) in [7, 11) is 0. The normalized spacial score (nSPS) is 13.9. The molecular weight excluding hydrogens is 220 g/mol. The highest BCUT2D eigenvalue weighted by Gasteiger charge is 2.01. The zero-order valence-corrected chi connectivity index (χ0v) is 11.5. The van der Waals surface area contributed by atoms with Crippen molar-refractivity contribution in [1.82, 2.24) is 10.6 Å². The quantitative estimate of drug-likeness (QED) is 0.663. The van der Waals surface area contributed by atoms with Gasteiger partial charge in [-0.3, -0.25) is 0 Å². The Morgan fingerprint density at radius 1 is 1.31 bits per heavy atom. The van der Waals surface area contributed by atoms with Gasteiger partial charge >= 0.3 is 0 Å². The van der Waals surface area contributed by atoms with Crippen molar-refractivity contribution in [2.75, 3.05) is 6.54 Å². The molecule has 0 aromatic rings. The largest absolute Gasteiger partial charge is 0.371 e. The van der Waals surface area contributed by atoms with Crippen LogP contribution in [0.15, 0.2) is 34.8 Å². The maximum atomic E-state index is 6.02. The van der Waals surface area contributed by atoms with Crippen molar-refractivity contribution in [2.45, 2.75) is 40.5 Å². The predicted octanol–water partition coefficient (Wildman–Crippen LogP) is 3.87. The van der Waals surface area contributed by atoms with Crippen molar-refractivity contribution in [3.63, 3.8) is 0 Å². The van der Waals surface area contributed by atoms with Crippen LogP contribution in [-0.2, 0) is 0 Å². The molecule has 0 saturated heterocycles. The highest BCUT2D eigenvalue weighted by Crippen LogP contribution is 2.07. The standard InChI is InChI=1S/C13H23ClN2/c1-5-8-9-12(7-3)16-13(11(4)14)15-10-6-2/h5,8-9,15-16H,6-7,10H2,1-4H3/b8-5-,12-9+,13-11-. The van der Waals surface area contributed by atoms with E-state index >= 15 is 0 Å². The summed E-state index contributed by atoms with van der Waals surface area (Å²) in [6, 6.07) is 0. The Kier molecular flexibility index (Phi) is 8.82. The molecule has 0 saturated carbocycles. The Morgan fingerprint density at radius 2 is 2.00 bits per heavy atom. The van der Waals surface area contributed by atoms with Crippen LogP contribution in [0.2, 0.25) is 0 Å². The Labute approximate surface area is 104 Å². The molecule has 0 heterocycles. The maximum Gasteiger partial charge on any atom is 0.117 e. The Hall–Kier alpha value is -0.890. The van der Waals surface area contributed by atoms with Crippen LogP contribution in [-0.4, -0.2) is 6.54 Å². The third kappa shape index (κ3) is 6.57. The third-order valence-electron chi connectivity index (χ3n) is 2.05. The molecular formula is C13H23ClN2. The lowest BCUT2D eigenvalue weighted by Crippen LogP contribution is -2.27. The average molecular weight is 243 g/mol. The molecule has 0 amide bonds. The summed E-state index contributed by atoms with van der Waals surface area (Å²) in [5, 5.41) is 7.36. The predicted molar refractivity (Wildman–Crippen MR) is 73.2 cm³/mol. The van der Waals surface area contributed by atoms with E-state index in [2.05, 4.69) is 30.6 Å². The minimum atomic E-state index is 0.758. The van der Waals surface area contributed by atoms with E-state index in [4.69, 9.17) is 11.6 Å². The smallest absolute Gasteiger partial charge is 0.117 e. The summed E-state index contributed by atoms with van der Waals surface area (Å²) in [6.07, 6.45) is 8.12. The fourth-order valence-electron chi connectivity index (χ4n) is 1.12. The van der Waals surface area contributed by atoms with Crippen LogP contribution in [0, 0.1) is 0 Å². The molecule has 0 spiro atoms. The van der Waals surface area contributed by atoms with Gasteiger partial charge in [0.1, 0.15) is 5.82 Å². The van der Waals surface area contributed by atoms with E-state index in [1.54, 1.807) is 0 Å². The van der Waals surface area contributed by atoms with E-state index in [1.807, 2.05) is 26.0 Å². The third-order valence-corrected chi connectivity index (χ3v) is 2.24. The number of allylic oxidation sites excluding steroid dienone is 5. The molecule has 0 unspecified atom stereocenters. The van der Waals surface area contributed by atoms with Gasteiger partial charge in [0.2, 0.25) is 0 Å². The van der Waals surface area contributed by atoms with E-state index in [0.29, 0.717) is 0 Å². The van der Waals surface area contributed by atoms with Gasteiger partial charge in [0, 0.05) is 12.2 Å². The van der Waals surface area contributed by atoms with Gasteiger partial charge in [-0.25, -0.2) is 0 Å². The molecule has 0 aromatic heterocycles. The lowest BCUT2D eigenvalue weighted by molar-refractivity contribution is 0.701. The molecule has 0 aliphatic heterocycles. The summed E-state index contributed by atoms with van der Waals surface area (Å²) >= 11 is 6.02. The number of hydrogen-bond acceptors (Lipinski definition) is 2. The van der Waals surface area contributed by atoms with Crippen LogP contribution >= 0.6 is 11.6 Å². The zero-order valence-electron chi connectivity index (χ0n) is 10.7. The first-order valence-corrected chi connectivity index (χ1v) is 6.22. The van der Waals surface area contributed by atoms with Crippen molar-refractivity contribution in [3.05, 3.63) is 34.8 Å². The Balaban J connectivity index is 4.55. The first kappa shape index (κ1) is 15.1. The zero-order chi connectivity index (χ0) is 12.4. The summed E-state index contributed by atoms with van der Waals surface area (Å²) in [5.74, 6) is 0.904. The van der Waals surface area contributed by atoms with Crippen LogP contribution in [0.4, 0.5) is 0 Å². The van der Waals surface area contributed by atoms with Gasteiger partial charge in [-0.05, 0) is 32.8 Å². The Morgan fingerprint density at radius 3 is 2.44 bits per heavy atom. The van der Waals surface area contributed by atoms with Gasteiger partial charge in [0.05, 0.1) is 5.03 Å². The summed E-state index contributed by atoms with van der Waals surface area (Å²) in [6.45, 7) is 9.05. The molecule has 0 radical (unpaired) electrons. The second kappa shape index (κ2) is 9.34. The SMILES string of the molecule is C/C=C\C=C(/CC)N/C(NCCC)=C(/C)Cl. The maximum absolute atomic E-state index is 6.02. The molecule has 0 bridgehead atoms. The fourth-order valence-corrected chi connectivity index (χ4v) is 1.24. The van der Waals surface area contributed by atoms with E-state index in [-0.39, 0.29) is 0 Å². The number of halogens is 1. The highest BCUT2D eigenvalue weighted by molar-refractivity contribution is 6.29. The van der Waals surface area contributed by atoms with Crippen LogP contribution in [0.5, 0.6) is 0 Å². The van der Waals surface area contributed by atoms with Crippen LogP contribution in [0.1, 0.15) is 40.5 Å². The summed E-state index contributed by atoms with van der Waals surface area (Å²) in [5.41, 5.74) is 1.15. The van der Waals surface area contributed by atoms with Gasteiger partial charge in [-0.1, -0.05) is 37.6 Å². The summed E-state index contributed by atoms with van der Waals surface area (Å²) in [4.78, 5) is 0. The van der Waals surface area contributed by atoms with Gasteiger partial charge in [-0.2, -0.15) is 0 Å². The average Bonchev–Trinajstić information content (AvgIpc) is 2.28. The molecule has 16 heavy (non-hydrogen) atoms. The topological polar surface area (TPSA) is 24.1 Å². The fraction of sp³-hybridized carbons (Fsp3) is 0.538. The lowest BCUT2D eigenvalue weighted by Gasteiger charge is -2.15. The van der Waals surface area contributed by atoms with Crippen molar-refractivity contribution in [2.24, 2.45) is 0 Å². The number of hydrogen-bond donors (Lipinski definition) is 2. The van der Waals surface area contributed by atoms with Gasteiger partial charge in [-0.15, -0.1) is 0 Å². The van der Waals surface area contributed by atoms with Gasteiger partial charge < -0.3 is 10.6 Å². The molecule has 92 valence electrons. The molecule has 0 aliphatic rings. The van der Waals surface area contributed by atoms with E-state index < -0.39 is 0 Å². The molecule has 2 nitrogen and oxygen atoms in total. The van der Waals surface area contributed by atoms with Gasteiger partial charge in [0.15, 0.2) is 0 Å². The number of rotatable bonds is 7.